The van der Waals surface area contributed by atoms with Crippen LogP contribution < -0.4 is 10.7 Å². The molecule has 28 heavy (non-hydrogen) atoms. The minimum Gasteiger partial charge on any atom is -0.333 e. The zero-order chi connectivity index (χ0) is 19.9. The average Bonchev–Trinajstić information content (AvgIpc) is 2.88. The van der Waals surface area contributed by atoms with Crippen LogP contribution in [0.5, 0.6) is 0 Å². The van der Waals surface area contributed by atoms with Gasteiger partial charge in [0.15, 0.2) is 10.3 Å². The van der Waals surface area contributed by atoms with Gasteiger partial charge in [-0.3, -0.25) is 9.59 Å². The van der Waals surface area contributed by atoms with Crippen molar-refractivity contribution in [2.24, 2.45) is 5.10 Å². The van der Waals surface area contributed by atoms with E-state index in [1.165, 1.54) is 17.6 Å². The quantitative estimate of drug-likeness (QED) is 0.552. The number of para-hydroxylation sites is 1. The minimum absolute atomic E-state index is 0.0205. The van der Waals surface area contributed by atoms with Crippen LogP contribution in [0, 0.1) is 6.92 Å². The number of aromatic nitrogens is 1. The van der Waals surface area contributed by atoms with Crippen molar-refractivity contribution < 1.29 is 9.59 Å². The number of likely N-dealkylation sites (tertiary alicyclic amines) is 1. The summed E-state index contributed by atoms with van der Waals surface area (Å²) < 4.78 is 0. The van der Waals surface area contributed by atoms with Crippen LogP contribution in [-0.2, 0) is 9.59 Å². The molecule has 0 aliphatic carbocycles. The minimum atomic E-state index is -0.328. The monoisotopic (exact) mass is 419 g/mol. The molecule has 1 aliphatic heterocycles. The summed E-state index contributed by atoms with van der Waals surface area (Å²) in [6.07, 6.45) is 4.80. The summed E-state index contributed by atoms with van der Waals surface area (Å²) in [5, 5.41) is 8.13. The van der Waals surface area contributed by atoms with Gasteiger partial charge in [0.05, 0.1) is 11.1 Å². The van der Waals surface area contributed by atoms with Crippen molar-refractivity contribution in [3.8, 4) is 0 Å². The molecule has 2 N–H and O–H groups in total. The van der Waals surface area contributed by atoms with E-state index in [4.69, 9.17) is 11.6 Å². The number of amides is 2. The second kappa shape index (κ2) is 9.66. The Morgan fingerprint density at radius 2 is 2.18 bits per heavy atom. The van der Waals surface area contributed by atoms with E-state index in [-0.39, 0.29) is 18.4 Å². The van der Waals surface area contributed by atoms with Gasteiger partial charge in [0.2, 0.25) is 5.91 Å². The number of halogens is 1. The molecule has 0 atom stereocenters. The lowest BCUT2D eigenvalue weighted by atomic mass is 10.2. The lowest BCUT2D eigenvalue weighted by Crippen LogP contribution is -2.39. The normalized spacial score (nSPS) is 14.9. The Bertz CT molecular complexity index is 883. The Hall–Kier alpha value is -2.45. The number of benzene rings is 1. The lowest BCUT2D eigenvalue weighted by Gasteiger charge is -2.18. The number of hydrazone groups is 1. The van der Waals surface area contributed by atoms with Gasteiger partial charge >= 0.3 is 0 Å². The molecule has 0 saturated carbocycles. The van der Waals surface area contributed by atoms with E-state index >= 15 is 0 Å². The van der Waals surface area contributed by atoms with Crippen LogP contribution in [-0.4, -0.2) is 41.0 Å². The fourth-order valence-corrected chi connectivity index (χ4v) is 3.89. The summed E-state index contributed by atoms with van der Waals surface area (Å²) in [6.45, 7) is 2.64. The summed E-state index contributed by atoms with van der Waals surface area (Å²) in [5.41, 5.74) is 4.50. The average molecular weight is 420 g/mol. The van der Waals surface area contributed by atoms with Crippen LogP contribution in [0.4, 0.5) is 10.8 Å². The van der Waals surface area contributed by atoms with Gasteiger partial charge in [-0.1, -0.05) is 47.6 Å². The van der Waals surface area contributed by atoms with Gasteiger partial charge in [0.1, 0.15) is 6.54 Å². The molecular formula is C19H22ClN5O2S. The van der Waals surface area contributed by atoms with E-state index in [0.29, 0.717) is 28.1 Å². The van der Waals surface area contributed by atoms with Crippen LogP contribution in [0.2, 0.25) is 5.15 Å². The van der Waals surface area contributed by atoms with Gasteiger partial charge < -0.3 is 10.2 Å². The molecule has 1 fully saturated rings. The summed E-state index contributed by atoms with van der Waals surface area (Å²) >= 11 is 7.50. The highest BCUT2D eigenvalue weighted by Gasteiger charge is 2.19. The predicted molar refractivity (Wildman–Crippen MR) is 112 cm³/mol. The Kier molecular flexibility index (Phi) is 7.00. The van der Waals surface area contributed by atoms with Gasteiger partial charge in [0.25, 0.3) is 5.91 Å². The number of nitrogens with one attached hydrogen (secondary N) is 2. The molecule has 1 aliphatic rings. The third-order valence-corrected chi connectivity index (χ3v) is 5.68. The maximum atomic E-state index is 12.1. The van der Waals surface area contributed by atoms with Crippen molar-refractivity contribution in [1.29, 1.82) is 0 Å². The Balaban J connectivity index is 1.55. The van der Waals surface area contributed by atoms with E-state index in [1.807, 2.05) is 31.2 Å². The molecule has 0 radical (unpaired) electrons. The molecule has 0 bridgehead atoms. The molecule has 3 rings (SSSR count). The number of thiazole rings is 1. The van der Waals surface area contributed by atoms with E-state index in [0.717, 1.165) is 30.5 Å². The van der Waals surface area contributed by atoms with Crippen molar-refractivity contribution in [2.45, 2.75) is 32.6 Å². The number of rotatable bonds is 6. The number of carbonyl (C=O) groups is 2. The topological polar surface area (TPSA) is 86.7 Å². The van der Waals surface area contributed by atoms with Crippen molar-refractivity contribution in [2.75, 3.05) is 18.4 Å². The summed E-state index contributed by atoms with van der Waals surface area (Å²) in [4.78, 5) is 30.5. The summed E-state index contributed by atoms with van der Waals surface area (Å²) in [7, 11) is 0. The standard InChI is InChI=1S/C19H22ClN5O2S/c1-13-7-4-5-8-14(13)22-19-23-18(20)15(28-19)11-21-24-16(26)12-25-10-6-2-3-9-17(25)27/h4-5,7-8,11H,2-3,6,9-10,12H2,1H3,(H,22,23)(H,24,26)/b21-11+. The smallest absolute Gasteiger partial charge is 0.259 e. The first kappa shape index (κ1) is 20.3. The van der Waals surface area contributed by atoms with Gasteiger partial charge in [-0.2, -0.15) is 5.10 Å². The lowest BCUT2D eigenvalue weighted by molar-refractivity contribution is -0.135. The highest BCUT2D eigenvalue weighted by Crippen LogP contribution is 2.28. The van der Waals surface area contributed by atoms with E-state index < -0.39 is 0 Å². The molecule has 2 amide bonds. The van der Waals surface area contributed by atoms with Crippen LogP contribution in [0.25, 0.3) is 0 Å². The van der Waals surface area contributed by atoms with Gasteiger partial charge in [-0.15, -0.1) is 0 Å². The first-order chi connectivity index (χ1) is 13.5. The summed E-state index contributed by atoms with van der Waals surface area (Å²) in [6, 6.07) is 7.88. The molecule has 1 saturated heterocycles. The predicted octanol–water partition coefficient (Wildman–Crippen LogP) is 3.70. The second-order valence-electron chi connectivity index (χ2n) is 6.53. The SMILES string of the molecule is Cc1ccccc1Nc1nc(Cl)c(/C=N/NC(=O)CN2CCCCCC2=O)s1. The van der Waals surface area contributed by atoms with E-state index in [9.17, 15) is 9.59 Å². The first-order valence-electron chi connectivity index (χ1n) is 9.11. The van der Waals surface area contributed by atoms with Crippen molar-refractivity contribution in [1.82, 2.24) is 15.3 Å². The number of anilines is 2. The summed E-state index contributed by atoms with van der Waals surface area (Å²) in [5.74, 6) is -0.306. The van der Waals surface area contributed by atoms with Crippen molar-refractivity contribution >= 4 is 51.8 Å². The van der Waals surface area contributed by atoms with Gasteiger partial charge in [-0.05, 0) is 31.4 Å². The molecule has 0 spiro atoms. The van der Waals surface area contributed by atoms with Gasteiger partial charge in [0, 0.05) is 18.7 Å². The molecular weight excluding hydrogens is 398 g/mol. The molecule has 2 heterocycles. The number of hydrogen-bond donors (Lipinski definition) is 2. The highest BCUT2D eigenvalue weighted by molar-refractivity contribution is 7.17. The maximum absolute atomic E-state index is 12.1. The molecule has 7 nitrogen and oxygen atoms in total. The Morgan fingerprint density at radius 3 is 3.00 bits per heavy atom. The number of aryl methyl sites for hydroxylation is 1. The van der Waals surface area contributed by atoms with Crippen LogP contribution in [0.3, 0.4) is 0 Å². The van der Waals surface area contributed by atoms with Crippen LogP contribution >= 0.6 is 22.9 Å². The molecule has 2 aromatic rings. The molecule has 1 aromatic carbocycles. The largest absolute Gasteiger partial charge is 0.333 e. The van der Waals surface area contributed by atoms with Crippen molar-refractivity contribution in [3.05, 3.63) is 39.9 Å². The van der Waals surface area contributed by atoms with E-state index in [1.54, 1.807) is 4.90 Å². The van der Waals surface area contributed by atoms with E-state index in [2.05, 4.69) is 20.8 Å². The van der Waals surface area contributed by atoms with Crippen LogP contribution in [0.15, 0.2) is 29.4 Å². The van der Waals surface area contributed by atoms with Gasteiger partial charge in [-0.25, -0.2) is 10.4 Å². The number of nitrogens with zero attached hydrogens (tertiary/aromatic N) is 3. The Morgan fingerprint density at radius 1 is 1.36 bits per heavy atom. The third kappa shape index (κ3) is 5.53. The second-order valence-corrected chi connectivity index (χ2v) is 7.92. The number of hydrogen-bond acceptors (Lipinski definition) is 6. The fraction of sp³-hybridized carbons (Fsp3) is 0.368. The fourth-order valence-electron chi connectivity index (χ4n) is 2.85. The molecule has 0 unspecified atom stereocenters. The molecule has 1 aromatic heterocycles. The Labute approximate surface area is 172 Å². The van der Waals surface area contributed by atoms with Crippen molar-refractivity contribution in [3.63, 3.8) is 0 Å². The molecule has 148 valence electrons. The zero-order valence-corrected chi connectivity index (χ0v) is 17.1. The number of carbonyl (C=O) groups excluding carboxylic acids is 2. The maximum Gasteiger partial charge on any atom is 0.259 e. The first-order valence-corrected chi connectivity index (χ1v) is 10.3. The third-order valence-electron chi connectivity index (χ3n) is 4.37. The highest BCUT2D eigenvalue weighted by atomic mass is 35.5. The van der Waals surface area contributed by atoms with Crippen LogP contribution in [0.1, 0.15) is 36.1 Å². The zero-order valence-electron chi connectivity index (χ0n) is 15.6. The molecule has 9 heteroatoms.